The van der Waals surface area contributed by atoms with Crippen molar-refractivity contribution in [3.63, 3.8) is 0 Å². The van der Waals surface area contributed by atoms with E-state index in [1.54, 1.807) is 61.5 Å². The number of amides is 1. The summed E-state index contributed by atoms with van der Waals surface area (Å²) in [6.07, 6.45) is 1.62. The van der Waals surface area contributed by atoms with E-state index in [1.807, 2.05) is 6.07 Å². The van der Waals surface area contributed by atoms with Crippen LogP contribution in [0.3, 0.4) is 0 Å². The van der Waals surface area contributed by atoms with Crippen molar-refractivity contribution in [2.24, 2.45) is 0 Å². The standard InChI is InChI=1S/C24H19BrN2O5/c1-3-11-31-18-9-7-15(8-10-18)22(28)20-21(16-5-4-6-17(25)13-16)27(24(30)23(20)29)19-12-14(2)32-26-19/h3-10,12-13,21,28H,1,11H2,2H3/t21-/m0/s1. The van der Waals surface area contributed by atoms with Gasteiger partial charge in [0.25, 0.3) is 5.78 Å². The molecule has 1 saturated heterocycles. The van der Waals surface area contributed by atoms with Crippen molar-refractivity contribution >= 4 is 39.2 Å². The summed E-state index contributed by atoms with van der Waals surface area (Å²) in [6.45, 7) is 5.64. The lowest BCUT2D eigenvalue weighted by molar-refractivity contribution is -0.132. The van der Waals surface area contributed by atoms with Gasteiger partial charge < -0.3 is 14.4 Å². The van der Waals surface area contributed by atoms with Crippen LogP contribution in [0.15, 0.2) is 81.8 Å². The van der Waals surface area contributed by atoms with Crippen LogP contribution < -0.4 is 9.64 Å². The van der Waals surface area contributed by atoms with Gasteiger partial charge >= 0.3 is 5.91 Å². The first-order valence-corrected chi connectivity index (χ1v) is 10.5. The van der Waals surface area contributed by atoms with E-state index in [-0.39, 0.29) is 17.2 Å². The van der Waals surface area contributed by atoms with Gasteiger partial charge in [-0.1, -0.05) is 45.9 Å². The van der Waals surface area contributed by atoms with Gasteiger partial charge in [0.05, 0.1) is 11.6 Å². The van der Waals surface area contributed by atoms with E-state index < -0.39 is 17.7 Å². The smallest absolute Gasteiger partial charge is 0.301 e. The van der Waals surface area contributed by atoms with Crippen molar-refractivity contribution < 1.29 is 24.0 Å². The SMILES string of the molecule is C=CCOc1ccc(C(O)=C2C(=O)C(=O)N(c3cc(C)on3)[C@H]2c2cccc(Br)c2)cc1. The molecule has 2 aromatic carbocycles. The number of aliphatic hydroxyl groups excluding tert-OH is 1. The number of anilines is 1. The van der Waals surface area contributed by atoms with Gasteiger partial charge in [-0.2, -0.15) is 0 Å². The van der Waals surface area contributed by atoms with Crippen molar-refractivity contribution in [3.8, 4) is 5.75 Å². The van der Waals surface area contributed by atoms with Crippen molar-refractivity contribution in [3.05, 3.63) is 94.2 Å². The molecule has 3 aromatic rings. The van der Waals surface area contributed by atoms with E-state index in [9.17, 15) is 14.7 Å². The van der Waals surface area contributed by atoms with Gasteiger partial charge in [0.2, 0.25) is 0 Å². The minimum atomic E-state index is -0.881. The summed E-state index contributed by atoms with van der Waals surface area (Å²) in [4.78, 5) is 27.3. The first kappa shape index (κ1) is 21.6. The number of carbonyl (C=O) groups excluding carboxylic acids is 2. The average molecular weight is 495 g/mol. The second kappa shape index (κ2) is 8.84. The fourth-order valence-corrected chi connectivity index (χ4v) is 3.96. The number of rotatable bonds is 6. The first-order chi connectivity index (χ1) is 15.4. The number of ether oxygens (including phenoxy) is 1. The van der Waals surface area contributed by atoms with Crippen LogP contribution in [0, 0.1) is 6.92 Å². The Morgan fingerprint density at radius 3 is 2.62 bits per heavy atom. The Bertz CT molecular complexity index is 1230. The number of aliphatic hydroxyl groups is 1. The highest BCUT2D eigenvalue weighted by Gasteiger charge is 2.48. The molecule has 8 heteroatoms. The van der Waals surface area contributed by atoms with Crippen LogP contribution in [0.5, 0.6) is 5.75 Å². The third kappa shape index (κ3) is 3.97. The molecule has 0 bridgehead atoms. The molecule has 0 spiro atoms. The number of benzene rings is 2. The predicted octanol–water partition coefficient (Wildman–Crippen LogP) is 4.94. The lowest BCUT2D eigenvalue weighted by Crippen LogP contribution is -2.29. The average Bonchev–Trinajstić information content (AvgIpc) is 3.33. The molecule has 0 radical (unpaired) electrons. The maximum absolute atomic E-state index is 13.1. The van der Waals surface area contributed by atoms with E-state index in [4.69, 9.17) is 9.26 Å². The van der Waals surface area contributed by atoms with E-state index >= 15 is 0 Å². The number of nitrogens with zero attached hydrogens (tertiary/aromatic N) is 2. The third-order valence-corrected chi connectivity index (χ3v) is 5.46. The number of ketones is 1. The molecule has 1 aliphatic heterocycles. The molecule has 2 heterocycles. The quantitative estimate of drug-likeness (QED) is 0.226. The summed E-state index contributed by atoms with van der Waals surface area (Å²) < 4.78 is 11.4. The number of aryl methyl sites for hydroxylation is 1. The molecular weight excluding hydrogens is 476 g/mol. The molecule has 0 aliphatic carbocycles. The molecule has 1 amide bonds. The molecule has 1 atom stereocenters. The Morgan fingerprint density at radius 2 is 2.00 bits per heavy atom. The van der Waals surface area contributed by atoms with Gasteiger partial charge in [0.1, 0.15) is 23.9 Å². The molecule has 0 saturated carbocycles. The molecule has 4 rings (SSSR count). The van der Waals surface area contributed by atoms with Crippen molar-refractivity contribution in [2.75, 3.05) is 11.5 Å². The maximum atomic E-state index is 13.1. The normalized spacial score (nSPS) is 17.6. The van der Waals surface area contributed by atoms with Crippen LogP contribution in [0.25, 0.3) is 5.76 Å². The highest BCUT2D eigenvalue weighted by molar-refractivity contribution is 9.10. The van der Waals surface area contributed by atoms with Gasteiger partial charge in [-0.15, -0.1) is 0 Å². The van der Waals surface area contributed by atoms with Crippen molar-refractivity contribution in [2.45, 2.75) is 13.0 Å². The zero-order valence-electron chi connectivity index (χ0n) is 17.1. The van der Waals surface area contributed by atoms with Gasteiger partial charge in [0, 0.05) is 16.1 Å². The Hall–Kier alpha value is -3.65. The summed E-state index contributed by atoms with van der Waals surface area (Å²) in [6, 6.07) is 14.5. The summed E-state index contributed by atoms with van der Waals surface area (Å²) in [5.74, 6) is -0.613. The summed E-state index contributed by atoms with van der Waals surface area (Å²) in [5.41, 5.74) is 0.977. The van der Waals surface area contributed by atoms with E-state index in [0.717, 1.165) is 4.47 Å². The number of carbonyl (C=O) groups is 2. The Morgan fingerprint density at radius 1 is 1.25 bits per heavy atom. The number of hydrogen-bond acceptors (Lipinski definition) is 6. The molecule has 1 fully saturated rings. The number of aromatic nitrogens is 1. The lowest BCUT2D eigenvalue weighted by atomic mass is 9.95. The molecule has 0 unspecified atom stereocenters. The molecule has 7 nitrogen and oxygen atoms in total. The maximum Gasteiger partial charge on any atom is 0.301 e. The first-order valence-electron chi connectivity index (χ1n) is 9.74. The zero-order valence-corrected chi connectivity index (χ0v) is 18.7. The Kier molecular flexibility index (Phi) is 5.96. The molecule has 1 aromatic heterocycles. The lowest BCUT2D eigenvalue weighted by Gasteiger charge is -2.23. The largest absolute Gasteiger partial charge is 0.507 e. The van der Waals surface area contributed by atoms with Crippen LogP contribution >= 0.6 is 15.9 Å². The monoisotopic (exact) mass is 494 g/mol. The molecule has 1 aliphatic rings. The minimum absolute atomic E-state index is 0.0338. The van der Waals surface area contributed by atoms with Crippen molar-refractivity contribution in [1.29, 1.82) is 0 Å². The minimum Gasteiger partial charge on any atom is -0.507 e. The summed E-state index contributed by atoms with van der Waals surface area (Å²) >= 11 is 3.43. The van der Waals surface area contributed by atoms with Crippen LogP contribution in [-0.2, 0) is 9.59 Å². The number of hydrogen-bond donors (Lipinski definition) is 1. The van der Waals surface area contributed by atoms with Crippen LogP contribution in [0.1, 0.15) is 22.9 Å². The third-order valence-electron chi connectivity index (χ3n) is 4.97. The Balaban J connectivity index is 1.85. The van der Waals surface area contributed by atoms with Gasteiger partial charge in [-0.05, 0) is 48.9 Å². The second-order valence-corrected chi connectivity index (χ2v) is 8.06. The van der Waals surface area contributed by atoms with Crippen LogP contribution in [0.4, 0.5) is 5.82 Å². The van der Waals surface area contributed by atoms with Crippen molar-refractivity contribution in [1.82, 2.24) is 5.16 Å². The Labute approximate surface area is 192 Å². The van der Waals surface area contributed by atoms with Gasteiger partial charge in [0.15, 0.2) is 5.82 Å². The second-order valence-electron chi connectivity index (χ2n) is 7.14. The van der Waals surface area contributed by atoms with Gasteiger partial charge in [-0.25, -0.2) is 0 Å². The van der Waals surface area contributed by atoms with Crippen LogP contribution in [0.2, 0.25) is 0 Å². The van der Waals surface area contributed by atoms with E-state index in [2.05, 4.69) is 27.7 Å². The highest BCUT2D eigenvalue weighted by Crippen LogP contribution is 2.42. The molecule has 162 valence electrons. The van der Waals surface area contributed by atoms with E-state index in [0.29, 0.717) is 29.2 Å². The van der Waals surface area contributed by atoms with E-state index in [1.165, 1.54) is 4.90 Å². The highest BCUT2D eigenvalue weighted by atomic mass is 79.9. The van der Waals surface area contributed by atoms with Gasteiger partial charge in [-0.3, -0.25) is 14.5 Å². The number of Topliss-reactive ketones (excluding diaryl/α,β-unsaturated/α-hetero) is 1. The molecule has 32 heavy (non-hydrogen) atoms. The predicted molar refractivity (Wildman–Crippen MR) is 122 cm³/mol. The topological polar surface area (TPSA) is 92.9 Å². The molecular formula is C24H19BrN2O5. The number of halogens is 1. The fraction of sp³-hybridized carbons (Fsp3) is 0.125. The molecule has 1 N–H and O–H groups in total. The fourth-order valence-electron chi connectivity index (χ4n) is 3.55. The summed E-state index contributed by atoms with van der Waals surface area (Å²) in [7, 11) is 0. The summed E-state index contributed by atoms with van der Waals surface area (Å²) in [5, 5.41) is 15.0. The zero-order chi connectivity index (χ0) is 22.8. The van der Waals surface area contributed by atoms with Crippen LogP contribution in [-0.4, -0.2) is 28.6 Å².